The molecule has 12 heavy (non-hydrogen) atoms. The molecule has 0 rings (SSSR count). The Morgan fingerprint density at radius 1 is 0.750 bits per heavy atom. The molecule has 66 valence electrons. The van der Waals surface area contributed by atoms with Crippen molar-refractivity contribution in [3.8, 4) is 0 Å². The van der Waals surface area contributed by atoms with Crippen molar-refractivity contribution in [2.24, 2.45) is 0 Å². The van der Waals surface area contributed by atoms with Crippen molar-refractivity contribution in [2.75, 3.05) is 0 Å². The number of hydrogen-bond donors (Lipinski definition) is 0. The molecule has 0 aromatic rings. The van der Waals surface area contributed by atoms with Crippen LogP contribution < -0.4 is 0 Å². The van der Waals surface area contributed by atoms with Crippen LogP contribution in [0.2, 0.25) is 0 Å². The molecule has 0 N–H and O–H groups in total. The van der Waals surface area contributed by atoms with Gasteiger partial charge in [0, 0.05) is 39.0 Å². The second-order valence-electron chi connectivity index (χ2n) is 2.97. The van der Waals surface area contributed by atoms with Gasteiger partial charge in [0.15, 0.2) is 0 Å². The van der Waals surface area contributed by atoms with E-state index in [-0.39, 0.29) is 39.0 Å². The van der Waals surface area contributed by atoms with Gasteiger partial charge in [0.05, 0.1) is 0 Å². The Hall–Kier alpha value is 1.25. The summed E-state index contributed by atoms with van der Waals surface area (Å²) in [6.45, 7) is 6.08. The normalized spacial score (nSPS) is 8.50. The third-order valence-electron chi connectivity index (χ3n) is 1.85. The Kier molecular flexibility index (Phi) is 28.6. The van der Waals surface area contributed by atoms with E-state index in [1.807, 2.05) is 0 Å². The van der Waals surface area contributed by atoms with Crippen molar-refractivity contribution in [1.29, 1.82) is 0 Å². The summed E-state index contributed by atoms with van der Waals surface area (Å²) in [5, 5.41) is 0. The molecule has 0 aliphatic rings. The van der Waals surface area contributed by atoms with Gasteiger partial charge in [0.2, 0.25) is 0 Å². The van der Waals surface area contributed by atoms with Gasteiger partial charge in [-0.3, -0.25) is 0 Å². The molecule has 0 aliphatic carbocycles. The fourth-order valence-corrected chi connectivity index (χ4v) is 1.13. The first kappa shape index (κ1) is 18.9. The van der Waals surface area contributed by atoms with Gasteiger partial charge in [-0.1, -0.05) is 51.9 Å². The molecule has 0 nitrogen and oxygen atoms in total. The molecule has 0 saturated heterocycles. The standard InChI is InChI=1S/C10H21.2Zn/c1-3-5-7-9-10-8-6-4-2;;/h1,3-10H2,2H3;;/q-1;;. The first-order valence-corrected chi connectivity index (χ1v) is 4.71. The molecular formula is C10H21Zn2-. The van der Waals surface area contributed by atoms with Crippen LogP contribution in [0.25, 0.3) is 0 Å². The van der Waals surface area contributed by atoms with Crippen molar-refractivity contribution >= 4 is 0 Å². The minimum atomic E-state index is 0. The van der Waals surface area contributed by atoms with Crippen LogP contribution in [-0.2, 0) is 39.0 Å². The maximum Gasteiger partial charge on any atom is 0 e. The minimum absolute atomic E-state index is 0. The summed E-state index contributed by atoms with van der Waals surface area (Å²) in [4.78, 5) is 0. The Bertz CT molecular complexity index is 47.8. The van der Waals surface area contributed by atoms with Crippen LogP contribution in [0.1, 0.15) is 58.3 Å². The minimum Gasteiger partial charge on any atom is -0.343 e. The van der Waals surface area contributed by atoms with Gasteiger partial charge < -0.3 is 6.92 Å². The molecule has 0 aliphatic heterocycles. The Balaban J connectivity index is -0.000000405. The van der Waals surface area contributed by atoms with Crippen LogP contribution in [0.15, 0.2) is 0 Å². The van der Waals surface area contributed by atoms with Gasteiger partial charge in [-0.25, -0.2) is 0 Å². The predicted octanol–water partition coefficient (Wildman–Crippen LogP) is 3.96. The molecule has 0 aromatic carbocycles. The maximum atomic E-state index is 3.82. The summed E-state index contributed by atoms with van der Waals surface area (Å²) < 4.78 is 0. The summed E-state index contributed by atoms with van der Waals surface area (Å²) in [7, 11) is 0. The first-order chi connectivity index (χ1) is 4.91. The molecule has 0 bridgehead atoms. The van der Waals surface area contributed by atoms with Crippen molar-refractivity contribution in [3.05, 3.63) is 6.92 Å². The SMILES string of the molecule is [CH2-]CCCCCCCCC.[Zn].[Zn]. The molecule has 0 fully saturated rings. The molecule has 0 heterocycles. The molecular weight excluding hydrogens is 251 g/mol. The van der Waals surface area contributed by atoms with E-state index in [9.17, 15) is 0 Å². The van der Waals surface area contributed by atoms with E-state index in [1.54, 1.807) is 0 Å². The van der Waals surface area contributed by atoms with Gasteiger partial charge in [-0.2, -0.15) is 6.42 Å². The van der Waals surface area contributed by atoms with Crippen LogP contribution in [-0.4, -0.2) is 0 Å². The van der Waals surface area contributed by atoms with E-state index in [4.69, 9.17) is 0 Å². The molecule has 0 spiro atoms. The number of hydrogen-bond acceptors (Lipinski definition) is 0. The second kappa shape index (κ2) is 18.1. The van der Waals surface area contributed by atoms with Crippen molar-refractivity contribution in [3.63, 3.8) is 0 Å². The van der Waals surface area contributed by atoms with Gasteiger partial charge in [0.1, 0.15) is 0 Å². The van der Waals surface area contributed by atoms with Crippen LogP contribution in [0.3, 0.4) is 0 Å². The third kappa shape index (κ3) is 17.4. The molecule has 0 radical (unpaired) electrons. The molecule has 0 saturated carbocycles. The molecule has 0 atom stereocenters. The quantitative estimate of drug-likeness (QED) is 0.374. The Labute approximate surface area is 104 Å². The maximum absolute atomic E-state index is 3.82. The number of rotatable bonds is 7. The average Bonchev–Trinajstić information content (AvgIpc) is 1.97. The monoisotopic (exact) mass is 269 g/mol. The van der Waals surface area contributed by atoms with Gasteiger partial charge in [-0.05, 0) is 0 Å². The topological polar surface area (TPSA) is 0 Å². The van der Waals surface area contributed by atoms with Gasteiger partial charge in [-0.15, -0.1) is 0 Å². The van der Waals surface area contributed by atoms with Crippen molar-refractivity contribution in [2.45, 2.75) is 58.3 Å². The smallest absolute Gasteiger partial charge is 0 e. The Morgan fingerprint density at radius 2 is 1.17 bits per heavy atom. The van der Waals surface area contributed by atoms with Crippen LogP contribution >= 0.6 is 0 Å². The van der Waals surface area contributed by atoms with Gasteiger partial charge >= 0.3 is 0 Å². The first-order valence-electron chi connectivity index (χ1n) is 4.71. The zero-order chi connectivity index (χ0) is 7.66. The molecule has 2 heteroatoms. The fourth-order valence-electron chi connectivity index (χ4n) is 1.13. The predicted molar refractivity (Wildman–Crippen MR) is 48.0 cm³/mol. The van der Waals surface area contributed by atoms with E-state index < -0.39 is 0 Å². The molecule has 0 amide bonds. The summed E-state index contributed by atoms with van der Waals surface area (Å²) in [6.07, 6.45) is 10.9. The van der Waals surface area contributed by atoms with Crippen molar-refractivity contribution in [1.82, 2.24) is 0 Å². The van der Waals surface area contributed by atoms with Gasteiger partial charge in [0.25, 0.3) is 0 Å². The summed E-state index contributed by atoms with van der Waals surface area (Å²) in [6, 6.07) is 0. The largest absolute Gasteiger partial charge is 0.343 e. The fraction of sp³-hybridized carbons (Fsp3) is 0.900. The zero-order valence-electron chi connectivity index (χ0n) is 8.78. The van der Waals surface area contributed by atoms with Crippen molar-refractivity contribution < 1.29 is 39.0 Å². The van der Waals surface area contributed by atoms with E-state index in [0.717, 1.165) is 6.42 Å². The number of unbranched alkanes of at least 4 members (excludes halogenated alkanes) is 7. The summed E-state index contributed by atoms with van der Waals surface area (Å²) in [5.74, 6) is 0. The van der Waals surface area contributed by atoms with E-state index in [1.165, 1.54) is 44.9 Å². The summed E-state index contributed by atoms with van der Waals surface area (Å²) >= 11 is 0. The van der Waals surface area contributed by atoms with Crippen LogP contribution in [0.5, 0.6) is 0 Å². The van der Waals surface area contributed by atoms with E-state index in [0.29, 0.717) is 0 Å². The zero-order valence-corrected chi connectivity index (χ0v) is 14.7. The molecule has 0 unspecified atom stereocenters. The van der Waals surface area contributed by atoms with Crippen LogP contribution in [0.4, 0.5) is 0 Å². The van der Waals surface area contributed by atoms with Crippen LogP contribution in [0, 0.1) is 6.92 Å². The molecule has 0 aromatic heterocycles. The van der Waals surface area contributed by atoms with E-state index in [2.05, 4.69) is 13.8 Å². The Morgan fingerprint density at radius 3 is 1.58 bits per heavy atom. The second-order valence-corrected chi connectivity index (χ2v) is 2.97. The average molecular weight is 272 g/mol. The summed E-state index contributed by atoms with van der Waals surface area (Å²) in [5.41, 5.74) is 0. The van der Waals surface area contributed by atoms with E-state index >= 15 is 0 Å². The third-order valence-corrected chi connectivity index (χ3v) is 1.85.